The summed E-state index contributed by atoms with van der Waals surface area (Å²) in [6.45, 7) is 5.40. The number of aromatic nitrogens is 2. The maximum atomic E-state index is 13.5. The molecule has 4 aliphatic heterocycles. The largest absolute Gasteiger partial charge is 0.347 e. The average Bonchev–Trinajstić information content (AvgIpc) is 3.33. The molecule has 0 saturated carbocycles. The third-order valence-corrected chi connectivity index (χ3v) is 8.94. The van der Waals surface area contributed by atoms with Crippen LogP contribution in [0.2, 0.25) is 0 Å². The van der Waals surface area contributed by atoms with Crippen LogP contribution >= 0.6 is 11.8 Å². The van der Waals surface area contributed by atoms with E-state index in [0.29, 0.717) is 29.5 Å². The van der Waals surface area contributed by atoms with Crippen LogP contribution in [0, 0.1) is 5.92 Å². The van der Waals surface area contributed by atoms with Gasteiger partial charge in [-0.05, 0) is 43.5 Å². The van der Waals surface area contributed by atoms with Gasteiger partial charge in [0.05, 0.1) is 22.5 Å². The van der Waals surface area contributed by atoms with Crippen molar-refractivity contribution in [3.63, 3.8) is 0 Å². The third kappa shape index (κ3) is 4.45. The van der Waals surface area contributed by atoms with E-state index in [9.17, 15) is 14.4 Å². The van der Waals surface area contributed by atoms with Gasteiger partial charge in [0.25, 0.3) is 5.91 Å². The highest BCUT2D eigenvalue weighted by atomic mass is 32.2. The summed E-state index contributed by atoms with van der Waals surface area (Å²) in [5.74, 6) is 0.0704. The second-order valence-corrected chi connectivity index (χ2v) is 11.0. The number of nitrogens with zero attached hydrogens (tertiary/aromatic N) is 4. The normalized spacial score (nSPS) is 26.5. The summed E-state index contributed by atoms with van der Waals surface area (Å²) >= 11 is 1.46. The molecule has 4 aliphatic rings. The van der Waals surface area contributed by atoms with Gasteiger partial charge in [-0.1, -0.05) is 48.7 Å². The number of piperidine rings is 2. The number of hydrogen-bond donors (Lipinski definition) is 3. The Bertz CT molecular complexity index is 1320. The van der Waals surface area contributed by atoms with Crippen LogP contribution in [-0.2, 0) is 9.59 Å². The fourth-order valence-electron chi connectivity index (χ4n) is 5.82. The molecule has 10 nitrogen and oxygen atoms in total. The van der Waals surface area contributed by atoms with Crippen LogP contribution in [0.4, 0.5) is 10.6 Å². The van der Waals surface area contributed by atoms with E-state index < -0.39 is 0 Å². The Morgan fingerprint density at radius 3 is 2.84 bits per heavy atom. The first-order valence-electron chi connectivity index (χ1n) is 12.9. The van der Waals surface area contributed by atoms with Crippen molar-refractivity contribution in [2.24, 2.45) is 5.92 Å². The average molecular weight is 532 g/mol. The van der Waals surface area contributed by atoms with E-state index in [4.69, 9.17) is 0 Å². The summed E-state index contributed by atoms with van der Waals surface area (Å²) in [7, 11) is 0. The molecule has 0 spiro atoms. The second-order valence-electron chi connectivity index (χ2n) is 9.89. The SMILES string of the molecule is C=CC(=O)N1CCC[C@@H](NC(=O)C2=C3NC(=O)N(c4cc(-c5ccccc5)cnn4)C4CCNC(S2)C34)C1. The van der Waals surface area contributed by atoms with Crippen LogP contribution in [0.15, 0.2) is 65.9 Å². The molecule has 5 heterocycles. The van der Waals surface area contributed by atoms with E-state index in [0.717, 1.165) is 36.9 Å². The van der Waals surface area contributed by atoms with Gasteiger partial charge in [0.1, 0.15) is 0 Å². The zero-order valence-corrected chi connectivity index (χ0v) is 21.6. The van der Waals surface area contributed by atoms with Crippen LogP contribution in [-0.4, -0.2) is 70.0 Å². The number of urea groups is 1. The van der Waals surface area contributed by atoms with Crippen molar-refractivity contribution in [3.8, 4) is 11.1 Å². The first-order valence-corrected chi connectivity index (χ1v) is 13.8. The van der Waals surface area contributed by atoms with Gasteiger partial charge >= 0.3 is 6.03 Å². The van der Waals surface area contributed by atoms with Crippen LogP contribution < -0.4 is 20.9 Å². The number of rotatable bonds is 5. The van der Waals surface area contributed by atoms with Gasteiger partial charge in [-0.2, -0.15) is 5.10 Å². The lowest BCUT2D eigenvalue weighted by molar-refractivity contribution is -0.128. The first-order chi connectivity index (χ1) is 18.5. The van der Waals surface area contributed by atoms with Crippen molar-refractivity contribution >= 4 is 35.4 Å². The molecule has 1 aromatic heterocycles. The van der Waals surface area contributed by atoms with E-state index >= 15 is 0 Å². The van der Waals surface area contributed by atoms with E-state index in [1.54, 1.807) is 16.0 Å². The highest BCUT2D eigenvalue weighted by Gasteiger charge is 2.52. The van der Waals surface area contributed by atoms with Gasteiger partial charge in [-0.25, -0.2) is 4.79 Å². The fourth-order valence-corrected chi connectivity index (χ4v) is 7.22. The Hall–Kier alpha value is -3.70. The first kappa shape index (κ1) is 24.6. The van der Waals surface area contributed by atoms with Crippen molar-refractivity contribution in [1.82, 2.24) is 31.0 Å². The van der Waals surface area contributed by atoms with Crippen LogP contribution in [0.25, 0.3) is 11.1 Å². The van der Waals surface area contributed by atoms with Gasteiger partial charge in [0.2, 0.25) is 5.91 Å². The molecule has 2 aromatic rings. The Kier molecular flexibility index (Phi) is 6.62. The molecule has 0 aliphatic carbocycles. The number of carbonyl (C=O) groups excluding carboxylic acids is 3. The van der Waals surface area contributed by atoms with E-state index in [1.807, 2.05) is 36.4 Å². The molecule has 1 aromatic carbocycles. The van der Waals surface area contributed by atoms with Crippen molar-refractivity contribution in [2.45, 2.75) is 36.7 Å². The quantitative estimate of drug-likeness (QED) is 0.506. The summed E-state index contributed by atoms with van der Waals surface area (Å²) < 4.78 is 0. The number of hydrogen-bond acceptors (Lipinski definition) is 7. The molecule has 196 valence electrons. The second kappa shape index (κ2) is 10.2. The Morgan fingerprint density at radius 2 is 2.03 bits per heavy atom. The molecule has 4 amide bonds. The molecular weight excluding hydrogens is 502 g/mol. The Labute approximate surface area is 224 Å². The molecule has 38 heavy (non-hydrogen) atoms. The summed E-state index contributed by atoms with van der Waals surface area (Å²) in [6.07, 6.45) is 5.34. The van der Waals surface area contributed by atoms with Gasteiger partial charge in [-0.15, -0.1) is 5.10 Å². The minimum Gasteiger partial charge on any atom is -0.347 e. The number of likely N-dealkylation sites (tertiary alicyclic amines) is 1. The number of nitrogens with one attached hydrogen (secondary N) is 3. The number of thioether (sulfide) groups is 1. The van der Waals surface area contributed by atoms with Gasteiger partial charge in [0.15, 0.2) is 5.82 Å². The monoisotopic (exact) mass is 531 g/mol. The minimum absolute atomic E-state index is 0.0388. The summed E-state index contributed by atoms with van der Waals surface area (Å²) in [4.78, 5) is 42.9. The predicted molar refractivity (Wildman–Crippen MR) is 145 cm³/mol. The van der Waals surface area contributed by atoms with Crippen LogP contribution in [0.1, 0.15) is 19.3 Å². The van der Waals surface area contributed by atoms with E-state index in [-0.39, 0.29) is 41.2 Å². The maximum Gasteiger partial charge on any atom is 0.327 e. The fraction of sp³-hybridized carbons (Fsp3) is 0.370. The molecule has 0 bridgehead atoms. The van der Waals surface area contributed by atoms with Crippen LogP contribution in [0.3, 0.4) is 0 Å². The standard InChI is InChI=1S/C27H29N7O3S/c1-2-21(35)33-12-6-9-18(15-33)30-25(36)24-23-22-19(10-11-28-26(22)38-24)34(27(37)31-23)20-13-17(14-29-32-20)16-7-4-3-5-8-16/h2-5,7-8,13-14,18-19,22,26,28H,1,6,9-12,15H2,(H,30,36)(H,31,37)/t18-,19?,22?,26?/m1/s1. The molecule has 6 rings (SSSR count). The topological polar surface area (TPSA) is 120 Å². The zero-order chi connectivity index (χ0) is 26.2. The van der Waals surface area contributed by atoms with Crippen molar-refractivity contribution in [1.29, 1.82) is 0 Å². The van der Waals surface area contributed by atoms with Crippen molar-refractivity contribution < 1.29 is 14.4 Å². The third-order valence-electron chi connectivity index (χ3n) is 7.59. The molecule has 3 N–H and O–H groups in total. The summed E-state index contributed by atoms with van der Waals surface area (Å²) in [5.41, 5.74) is 2.54. The minimum atomic E-state index is -0.311. The molecule has 4 atom stereocenters. The van der Waals surface area contributed by atoms with Gasteiger partial charge in [-0.3, -0.25) is 14.5 Å². The molecular formula is C27H29N7O3S. The lowest BCUT2D eigenvalue weighted by Gasteiger charge is -2.45. The molecule has 3 saturated heterocycles. The van der Waals surface area contributed by atoms with E-state index in [1.165, 1.54) is 17.8 Å². The zero-order valence-electron chi connectivity index (χ0n) is 20.8. The molecule has 11 heteroatoms. The highest BCUT2D eigenvalue weighted by Crippen LogP contribution is 2.47. The summed E-state index contributed by atoms with van der Waals surface area (Å²) in [6, 6.07) is 11.1. The lowest BCUT2D eigenvalue weighted by Crippen LogP contribution is -2.62. The van der Waals surface area contributed by atoms with E-state index in [2.05, 4.69) is 32.7 Å². The summed E-state index contributed by atoms with van der Waals surface area (Å²) in [5, 5.41) is 18.1. The number of amides is 4. The number of carbonyl (C=O) groups is 3. The van der Waals surface area contributed by atoms with Gasteiger partial charge < -0.3 is 20.9 Å². The molecule has 3 unspecified atom stereocenters. The Balaban J connectivity index is 1.25. The highest BCUT2D eigenvalue weighted by molar-refractivity contribution is 8.04. The maximum absolute atomic E-state index is 13.5. The van der Waals surface area contributed by atoms with Crippen molar-refractivity contribution in [2.75, 3.05) is 24.5 Å². The predicted octanol–water partition coefficient (Wildman–Crippen LogP) is 2.23. The Morgan fingerprint density at radius 1 is 1.18 bits per heavy atom. The number of benzene rings is 1. The number of anilines is 1. The van der Waals surface area contributed by atoms with Gasteiger partial charge in [0, 0.05) is 36.3 Å². The smallest absolute Gasteiger partial charge is 0.327 e. The molecule has 0 radical (unpaired) electrons. The molecule has 3 fully saturated rings. The lowest BCUT2D eigenvalue weighted by atomic mass is 9.86. The van der Waals surface area contributed by atoms with Crippen molar-refractivity contribution in [3.05, 3.63) is 65.9 Å². The van der Waals surface area contributed by atoms with Crippen LogP contribution in [0.5, 0.6) is 0 Å².